The summed E-state index contributed by atoms with van der Waals surface area (Å²) >= 11 is 0. The minimum absolute atomic E-state index is 0.0457. The van der Waals surface area contributed by atoms with Gasteiger partial charge in [-0.2, -0.15) is 0 Å². The third kappa shape index (κ3) is 7.21. The molecule has 0 aliphatic carbocycles. The van der Waals surface area contributed by atoms with E-state index in [-0.39, 0.29) is 23.6 Å². The molecule has 1 N–H and O–H groups in total. The molecular formula is C17H34N2O3S. The normalized spacial score (nSPS) is 19.0. The average molecular weight is 347 g/mol. The topological polar surface area (TPSA) is 66.5 Å². The van der Waals surface area contributed by atoms with E-state index < -0.39 is 10.0 Å². The van der Waals surface area contributed by atoms with Crippen LogP contribution in [0.25, 0.3) is 0 Å². The summed E-state index contributed by atoms with van der Waals surface area (Å²) < 4.78 is 25.6. The minimum atomic E-state index is -3.12. The Morgan fingerprint density at radius 2 is 1.78 bits per heavy atom. The fraction of sp³-hybridized carbons (Fsp3) is 0.941. The molecule has 1 amide bonds. The van der Waals surface area contributed by atoms with Gasteiger partial charge in [-0.05, 0) is 38.5 Å². The van der Waals surface area contributed by atoms with Crippen LogP contribution >= 0.6 is 0 Å². The molecule has 1 heterocycles. The van der Waals surface area contributed by atoms with Crippen molar-refractivity contribution in [2.75, 3.05) is 18.8 Å². The number of carbonyl (C=O) groups excluding carboxylic acids is 1. The van der Waals surface area contributed by atoms with E-state index in [2.05, 4.69) is 26.1 Å². The molecule has 1 atom stereocenters. The molecule has 136 valence electrons. The second kappa shape index (κ2) is 9.62. The summed E-state index contributed by atoms with van der Waals surface area (Å²) in [6, 6.07) is 0.197. The lowest BCUT2D eigenvalue weighted by atomic mass is 9.96. The SMILES string of the molecule is CCCS(=O)(=O)N1CCC(C(=O)N[C@@H](C)CCCC(C)C)CC1. The fourth-order valence-electron chi connectivity index (χ4n) is 3.05. The molecule has 1 fully saturated rings. The van der Waals surface area contributed by atoms with Crippen molar-refractivity contribution >= 4 is 15.9 Å². The first-order valence-electron chi connectivity index (χ1n) is 9.04. The Morgan fingerprint density at radius 3 is 2.30 bits per heavy atom. The lowest BCUT2D eigenvalue weighted by Crippen LogP contribution is -2.45. The Morgan fingerprint density at radius 1 is 1.17 bits per heavy atom. The van der Waals surface area contributed by atoms with Crippen LogP contribution in [0, 0.1) is 11.8 Å². The lowest BCUT2D eigenvalue weighted by molar-refractivity contribution is -0.126. The van der Waals surface area contributed by atoms with Crippen molar-refractivity contribution in [2.45, 2.75) is 72.3 Å². The van der Waals surface area contributed by atoms with Gasteiger partial charge in [0.25, 0.3) is 0 Å². The Kier molecular flexibility index (Phi) is 8.54. The number of piperidine rings is 1. The van der Waals surface area contributed by atoms with Crippen molar-refractivity contribution in [3.63, 3.8) is 0 Å². The predicted octanol–water partition coefficient (Wildman–Crippen LogP) is 2.77. The average Bonchev–Trinajstić information content (AvgIpc) is 2.46. The van der Waals surface area contributed by atoms with Gasteiger partial charge in [0, 0.05) is 25.0 Å². The van der Waals surface area contributed by atoms with Crippen LogP contribution in [0.15, 0.2) is 0 Å². The molecule has 0 radical (unpaired) electrons. The second-order valence-corrected chi connectivity index (χ2v) is 9.31. The highest BCUT2D eigenvalue weighted by Gasteiger charge is 2.30. The second-order valence-electron chi connectivity index (χ2n) is 7.22. The summed E-state index contributed by atoms with van der Waals surface area (Å²) in [5, 5.41) is 3.10. The van der Waals surface area contributed by atoms with E-state index in [1.54, 1.807) is 4.31 Å². The number of hydrogen-bond acceptors (Lipinski definition) is 3. The van der Waals surface area contributed by atoms with Crippen LogP contribution in [0.3, 0.4) is 0 Å². The molecule has 0 saturated carbocycles. The van der Waals surface area contributed by atoms with Crippen LogP contribution in [0.1, 0.15) is 66.2 Å². The molecule has 23 heavy (non-hydrogen) atoms. The maximum Gasteiger partial charge on any atom is 0.223 e. The van der Waals surface area contributed by atoms with Gasteiger partial charge in [0.1, 0.15) is 0 Å². The van der Waals surface area contributed by atoms with Crippen LogP contribution in [-0.4, -0.2) is 43.5 Å². The standard InChI is InChI=1S/C17H34N2O3S/c1-5-13-23(21,22)19-11-9-16(10-12-19)17(20)18-15(4)8-6-7-14(2)3/h14-16H,5-13H2,1-4H3,(H,18,20)/t15-/m0/s1. The van der Waals surface area contributed by atoms with E-state index in [4.69, 9.17) is 0 Å². The smallest absolute Gasteiger partial charge is 0.223 e. The molecule has 1 aliphatic heterocycles. The Bertz CT molecular complexity index is 454. The van der Waals surface area contributed by atoms with Gasteiger partial charge in [-0.1, -0.05) is 33.6 Å². The number of carbonyl (C=O) groups is 1. The van der Waals surface area contributed by atoms with Gasteiger partial charge >= 0.3 is 0 Å². The van der Waals surface area contributed by atoms with Crippen LogP contribution < -0.4 is 5.32 Å². The zero-order valence-corrected chi connectivity index (χ0v) is 16.0. The van der Waals surface area contributed by atoms with Crippen LogP contribution in [-0.2, 0) is 14.8 Å². The zero-order valence-electron chi connectivity index (χ0n) is 15.2. The number of hydrogen-bond donors (Lipinski definition) is 1. The molecule has 0 aromatic rings. The van der Waals surface area contributed by atoms with Crippen molar-refractivity contribution in [3.8, 4) is 0 Å². The van der Waals surface area contributed by atoms with Crippen molar-refractivity contribution in [2.24, 2.45) is 11.8 Å². The molecule has 0 unspecified atom stereocenters. The molecule has 1 saturated heterocycles. The van der Waals surface area contributed by atoms with E-state index in [1.807, 2.05) is 6.92 Å². The maximum absolute atomic E-state index is 12.3. The van der Waals surface area contributed by atoms with E-state index in [1.165, 1.54) is 6.42 Å². The first kappa shape index (κ1) is 20.4. The summed E-state index contributed by atoms with van der Waals surface area (Å²) in [6.07, 6.45) is 5.23. The third-order valence-electron chi connectivity index (χ3n) is 4.49. The van der Waals surface area contributed by atoms with E-state index in [0.717, 1.165) is 12.8 Å². The van der Waals surface area contributed by atoms with Crippen LogP contribution in [0.4, 0.5) is 0 Å². The summed E-state index contributed by atoms with van der Waals surface area (Å²) in [5.41, 5.74) is 0. The van der Waals surface area contributed by atoms with E-state index >= 15 is 0 Å². The van der Waals surface area contributed by atoms with Crippen LogP contribution in [0.2, 0.25) is 0 Å². The number of amides is 1. The van der Waals surface area contributed by atoms with Gasteiger partial charge in [-0.25, -0.2) is 12.7 Å². The molecule has 0 spiro atoms. The first-order chi connectivity index (χ1) is 10.8. The van der Waals surface area contributed by atoms with E-state index in [0.29, 0.717) is 38.3 Å². The Balaban J connectivity index is 2.35. The molecule has 1 aliphatic rings. The minimum Gasteiger partial charge on any atom is -0.353 e. The summed E-state index contributed by atoms with van der Waals surface area (Å²) in [5.74, 6) is 0.953. The Hall–Kier alpha value is -0.620. The van der Waals surface area contributed by atoms with Crippen LogP contribution in [0.5, 0.6) is 0 Å². The summed E-state index contributed by atoms with van der Waals surface area (Å²) in [4.78, 5) is 12.3. The van der Waals surface area contributed by atoms with Gasteiger partial charge in [-0.15, -0.1) is 0 Å². The van der Waals surface area contributed by atoms with Gasteiger partial charge in [0.15, 0.2) is 0 Å². The van der Waals surface area contributed by atoms with Crippen molar-refractivity contribution in [1.82, 2.24) is 9.62 Å². The molecule has 0 bridgehead atoms. The van der Waals surface area contributed by atoms with Crippen molar-refractivity contribution in [3.05, 3.63) is 0 Å². The highest BCUT2D eigenvalue weighted by Crippen LogP contribution is 2.21. The third-order valence-corrected chi connectivity index (χ3v) is 6.56. The lowest BCUT2D eigenvalue weighted by Gasteiger charge is -2.31. The molecule has 0 aromatic carbocycles. The van der Waals surface area contributed by atoms with Gasteiger partial charge in [0.05, 0.1) is 5.75 Å². The zero-order chi connectivity index (χ0) is 17.5. The number of sulfonamides is 1. The largest absolute Gasteiger partial charge is 0.353 e. The number of nitrogens with one attached hydrogen (secondary N) is 1. The number of rotatable bonds is 9. The fourth-order valence-corrected chi connectivity index (χ4v) is 4.59. The van der Waals surface area contributed by atoms with Gasteiger partial charge in [0.2, 0.25) is 15.9 Å². The van der Waals surface area contributed by atoms with Crippen molar-refractivity contribution in [1.29, 1.82) is 0 Å². The Labute approximate surface area is 142 Å². The molecule has 0 aromatic heterocycles. The molecule has 5 nitrogen and oxygen atoms in total. The van der Waals surface area contributed by atoms with Gasteiger partial charge in [-0.3, -0.25) is 4.79 Å². The molecular weight excluding hydrogens is 312 g/mol. The first-order valence-corrected chi connectivity index (χ1v) is 10.6. The predicted molar refractivity (Wildman–Crippen MR) is 94.7 cm³/mol. The monoisotopic (exact) mass is 346 g/mol. The van der Waals surface area contributed by atoms with Crippen molar-refractivity contribution < 1.29 is 13.2 Å². The van der Waals surface area contributed by atoms with E-state index in [9.17, 15) is 13.2 Å². The number of nitrogens with zero attached hydrogens (tertiary/aromatic N) is 1. The molecule has 6 heteroatoms. The maximum atomic E-state index is 12.3. The highest BCUT2D eigenvalue weighted by atomic mass is 32.2. The summed E-state index contributed by atoms with van der Waals surface area (Å²) in [7, 11) is -3.12. The quantitative estimate of drug-likeness (QED) is 0.698. The highest BCUT2D eigenvalue weighted by molar-refractivity contribution is 7.89. The summed E-state index contributed by atoms with van der Waals surface area (Å²) in [6.45, 7) is 9.30. The molecule has 1 rings (SSSR count). The van der Waals surface area contributed by atoms with Gasteiger partial charge < -0.3 is 5.32 Å².